The summed E-state index contributed by atoms with van der Waals surface area (Å²) >= 11 is 0. The lowest BCUT2D eigenvalue weighted by Gasteiger charge is -2.34. The van der Waals surface area contributed by atoms with E-state index in [-0.39, 0.29) is 18.1 Å². The van der Waals surface area contributed by atoms with Crippen molar-refractivity contribution in [1.82, 2.24) is 24.6 Å². The molecule has 0 spiro atoms. The molecule has 28 heavy (non-hydrogen) atoms. The predicted octanol–water partition coefficient (Wildman–Crippen LogP) is 2.08. The Morgan fingerprint density at radius 3 is 2.64 bits per heavy atom. The third-order valence-corrected chi connectivity index (χ3v) is 4.74. The standard InChI is InChI=1S/C20H24N6O2/c1-13-9-26(10-14(2)28-13)12-20(27)24-19-5-15-4-16(6-21-18(15)8-22-19)17-7-23-25(3)11-17/h4-8,11,13-14H,9-10,12H2,1-3H3,(H,22,24,27)/t13-,14+. The lowest BCUT2D eigenvalue weighted by atomic mass is 10.1. The Balaban J connectivity index is 1.48. The molecule has 1 fully saturated rings. The number of nitrogens with zero attached hydrogens (tertiary/aromatic N) is 5. The van der Waals surface area contributed by atoms with Crippen LogP contribution in [0.3, 0.4) is 0 Å². The Morgan fingerprint density at radius 1 is 1.14 bits per heavy atom. The molecule has 2 atom stereocenters. The van der Waals surface area contributed by atoms with E-state index in [0.717, 1.165) is 35.1 Å². The van der Waals surface area contributed by atoms with Crippen molar-refractivity contribution >= 4 is 22.6 Å². The van der Waals surface area contributed by atoms with Crippen molar-refractivity contribution in [2.45, 2.75) is 26.1 Å². The van der Waals surface area contributed by atoms with Crippen LogP contribution in [-0.4, -0.2) is 62.4 Å². The van der Waals surface area contributed by atoms with Gasteiger partial charge in [0.1, 0.15) is 5.82 Å². The molecule has 0 aromatic carbocycles. The van der Waals surface area contributed by atoms with Gasteiger partial charge in [-0.3, -0.25) is 19.4 Å². The van der Waals surface area contributed by atoms with Crippen LogP contribution in [0, 0.1) is 0 Å². The molecule has 0 unspecified atom stereocenters. The number of aromatic nitrogens is 4. The van der Waals surface area contributed by atoms with Crippen molar-refractivity contribution in [1.29, 1.82) is 0 Å². The van der Waals surface area contributed by atoms with Crippen molar-refractivity contribution in [2.75, 3.05) is 25.0 Å². The number of nitrogens with one attached hydrogen (secondary N) is 1. The number of hydrogen-bond acceptors (Lipinski definition) is 6. The molecule has 1 N–H and O–H groups in total. The van der Waals surface area contributed by atoms with Gasteiger partial charge in [0.05, 0.1) is 36.7 Å². The Kier molecular flexibility index (Phi) is 5.06. The van der Waals surface area contributed by atoms with Crippen LogP contribution in [0.15, 0.2) is 36.9 Å². The molecule has 1 aliphatic heterocycles. The number of carbonyl (C=O) groups is 1. The van der Waals surface area contributed by atoms with E-state index in [1.807, 2.05) is 39.2 Å². The highest BCUT2D eigenvalue weighted by molar-refractivity contribution is 5.93. The summed E-state index contributed by atoms with van der Waals surface area (Å²) in [5.41, 5.74) is 2.75. The van der Waals surface area contributed by atoms with Gasteiger partial charge in [0.2, 0.25) is 5.91 Å². The molecule has 1 saturated heterocycles. The summed E-state index contributed by atoms with van der Waals surface area (Å²) in [4.78, 5) is 23.4. The topological polar surface area (TPSA) is 85.2 Å². The summed E-state index contributed by atoms with van der Waals surface area (Å²) in [7, 11) is 1.88. The molecule has 3 aromatic rings. The fraction of sp³-hybridized carbons (Fsp3) is 0.400. The van der Waals surface area contributed by atoms with Gasteiger partial charge < -0.3 is 10.1 Å². The summed E-state index contributed by atoms with van der Waals surface area (Å²) in [5.74, 6) is 0.446. The zero-order valence-electron chi connectivity index (χ0n) is 16.3. The molecule has 8 nitrogen and oxygen atoms in total. The predicted molar refractivity (Wildman–Crippen MR) is 107 cm³/mol. The maximum Gasteiger partial charge on any atom is 0.239 e. The van der Waals surface area contributed by atoms with Crippen LogP contribution in [0.5, 0.6) is 0 Å². The van der Waals surface area contributed by atoms with Crippen molar-refractivity contribution in [2.24, 2.45) is 7.05 Å². The van der Waals surface area contributed by atoms with Crippen LogP contribution >= 0.6 is 0 Å². The molecule has 1 amide bonds. The fourth-order valence-corrected chi connectivity index (χ4v) is 3.63. The minimum absolute atomic E-state index is 0.0791. The quantitative estimate of drug-likeness (QED) is 0.746. The molecule has 0 saturated carbocycles. The van der Waals surface area contributed by atoms with E-state index < -0.39 is 0 Å². The zero-order valence-corrected chi connectivity index (χ0v) is 16.3. The second-order valence-electron chi connectivity index (χ2n) is 7.39. The van der Waals surface area contributed by atoms with Gasteiger partial charge in [-0.2, -0.15) is 5.10 Å². The van der Waals surface area contributed by atoms with E-state index in [9.17, 15) is 4.79 Å². The summed E-state index contributed by atoms with van der Waals surface area (Å²) in [5, 5.41) is 8.02. The minimum Gasteiger partial charge on any atom is -0.373 e. The number of anilines is 1. The number of aryl methyl sites for hydroxylation is 1. The number of ether oxygens (including phenoxy) is 1. The molecule has 0 aliphatic carbocycles. The van der Waals surface area contributed by atoms with Crippen molar-refractivity contribution in [3.05, 3.63) is 36.9 Å². The van der Waals surface area contributed by atoms with Crippen LogP contribution in [0.25, 0.3) is 22.0 Å². The monoisotopic (exact) mass is 380 g/mol. The number of amides is 1. The van der Waals surface area contributed by atoms with Gasteiger partial charge in [0, 0.05) is 49.0 Å². The lowest BCUT2D eigenvalue weighted by Crippen LogP contribution is -2.48. The van der Waals surface area contributed by atoms with Gasteiger partial charge in [0.15, 0.2) is 0 Å². The highest BCUT2D eigenvalue weighted by Gasteiger charge is 2.23. The Bertz CT molecular complexity index is 991. The Hall–Kier alpha value is -2.84. The van der Waals surface area contributed by atoms with Crippen molar-refractivity contribution in [3.8, 4) is 11.1 Å². The molecule has 1 aliphatic rings. The third-order valence-electron chi connectivity index (χ3n) is 4.74. The normalized spacial score (nSPS) is 20.4. The number of fused-ring (bicyclic) bond motifs is 1. The summed E-state index contributed by atoms with van der Waals surface area (Å²) in [6, 6.07) is 3.88. The summed E-state index contributed by atoms with van der Waals surface area (Å²) < 4.78 is 7.47. The first-order valence-electron chi connectivity index (χ1n) is 9.39. The first kappa shape index (κ1) is 18.5. The van der Waals surface area contributed by atoms with Gasteiger partial charge >= 0.3 is 0 Å². The molecule has 0 bridgehead atoms. The highest BCUT2D eigenvalue weighted by Crippen LogP contribution is 2.23. The van der Waals surface area contributed by atoms with E-state index in [2.05, 4.69) is 25.3 Å². The molecule has 3 aromatic heterocycles. The number of carbonyl (C=O) groups excluding carboxylic acids is 1. The fourth-order valence-electron chi connectivity index (χ4n) is 3.63. The van der Waals surface area contributed by atoms with Gasteiger partial charge in [-0.15, -0.1) is 0 Å². The van der Waals surface area contributed by atoms with E-state index in [0.29, 0.717) is 12.4 Å². The van der Waals surface area contributed by atoms with Gasteiger partial charge in [-0.1, -0.05) is 0 Å². The smallest absolute Gasteiger partial charge is 0.239 e. The molecular formula is C20H24N6O2. The first-order chi connectivity index (χ1) is 13.5. The van der Waals surface area contributed by atoms with E-state index in [1.54, 1.807) is 23.3 Å². The molecule has 4 rings (SSSR count). The van der Waals surface area contributed by atoms with Crippen LogP contribution in [0.4, 0.5) is 5.82 Å². The highest BCUT2D eigenvalue weighted by atomic mass is 16.5. The van der Waals surface area contributed by atoms with Gasteiger partial charge in [0.25, 0.3) is 0 Å². The van der Waals surface area contributed by atoms with E-state index >= 15 is 0 Å². The largest absolute Gasteiger partial charge is 0.373 e. The lowest BCUT2D eigenvalue weighted by molar-refractivity contribution is -0.121. The second kappa shape index (κ2) is 7.65. The average molecular weight is 380 g/mol. The van der Waals surface area contributed by atoms with Crippen LogP contribution in [-0.2, 0) is 16.6 Å². The zero-order chi connectivity index (χ0) is 19.7. The van der Waals surface area contributed by atoms with Gasteiger partial charge in [-0.25, -0.2) is 4.98 Å². The first-order valence-corrected chi connectivity index (χ1v) is 9.39. The number of pyridine rings is 2. The van der Waals surface area contributed by atoms with E-state index in [1.165, 1.54) is 0 Å². The average Bonchev–Trinajstić information content (AvgIpc) is 3.06. The SMILES string of the molecule is C[C@@H]1CN(CC(=O)Nc2cc3cc(-c4cnn(C)c4)cnc3cn2)C[C@H](C)O1. The minimum atomic E-state index is -0.0791. The van der Waals surface area contributed by atoms with Crippen molar-refractivity contribution in [3.63, 3.8) is 0 Å². The maximum atomic E-state index is 12.5. The Morgan fingerprint density at radius 2 is 1.93 bits per heavy atom. The van der Waals surface area contributed by atoms with Crippen LogP contribution in [0.1, 0.15) is 13.8 Å². The molecule has 146 valence electrons. The second-order valence-corrected chi connectivity index (χ2v) is 7.39. The van der Waals surface area contributed by atoms with Crippen LogP contribution < -0.4 is 5.32 Å². The number of rotatable bonds is 4. The maximum absolute atomic E-state index is 12.5. The van der Waals surface area contributed by atoms with Crippen molar-refractivity contribution < 1.29 is 9.53 Å². The van der Waals surface area contributed by atoms with Crippen LogP contribution in [0.2, 0.25) is 0 Å². The Labute approximate surface area is 163 Å². The molecule has 4 heterocycles. The van der Waals surface area contributed by atoms with E-state index in [4.69, 9.17) is 4.74 Å². The molecular weight excluding hydrogens is 356 g/mol. The third kappa shape index (κ3) is 4.18. The number of hydrogen-bond donors (Lipinski definition) is 1. The summed E-state index contributed by atoms with van der Waals surface area (Å²) in [6.45, 7) is 5.88. The molecule has 8 heteroatoms. The number of morpholine rings is 1. The summed E-state index contributed by atoms with van der Waals surface area (Å²) in [6.07, 6.45) is 7.49. The van der Waals surface area contributed by atoms with Gasteiger partial charge in [-0.05, 0) is 26.0 Å². The molecule has 0 radical (unpaired) electrons.